The van der Waals surface area contributed by atoms with Crippen LogP contribution in [0.25, 0.3) is 5.65 Å². The lowest BCUT2D eigenvalue weighted by Gasteiger charge is -2.24. The van der Waals surface area contributed by atoms with Crippen molar-refractivity contribution >= 4 is 11.6 Å². The Morgan fingerprint density at radius 2 is 1.83 bits per heavy atom. The highest BCUT2D eigenvalue weighted by Gasteiger charge is 2.26. The first kappa shape index (κ1) is 20.6. The zero-order valence-corrected chi connectivity index (χ0v) is 18.4. The molecule has 1 saturated carbocycles. The van der Waals surface area contributed by atoms with E-state index in [-0.39, 0.29) is 11.3 Å². The van der Waals surface area contributed by atoms with Crippen molar-refractivity contribution in [3.8, 4) is 0 Å². The van der Waals surface area contributed by atoms with E-state index in [4.69, 9.17) is 4.98 Å². The van der Waals surface area contributed by atoms with Crippen molar-refractivity contribution in [2.45, 2.75) is 71.3 Å². The Labute approximate surface area is 179 Å². The van der Waals surface area contributed by atoms with E-state index < -0.39 is 0 Å². The van der Waals surface area contributed by atoms with E-state index in [1.807, 2.05) is 48.7 Å². The second-order valence-electron chi connectivity index (χ2n) is 9.68. The minimum atomic E-state index is -0.0597. The molecule has 0 aliphatic heterocycles. The van der Waals surface area contributed by atoms with Crippen LogP contribution < -0.4 is 5.32 Å². The van der Waals surface area contributed by atoms with Gasteiger partial charge in [0.1, 0.15) is 5.65 Å². The number of benzene rings is 1. The number of rotatable bonds is 5. The number of fused-ring (bicyclic) bond motifs is 1. The van der Waals surface area contributed by atoms with Gasteiger partial charge in [-0.05, 0) is 30.0 Å². The van der Waals surface area contributed by atoms with Crippen molar-refractivity contribution in [2.24, 2.45) is 5.92 Å². The molecule has 0 unspecified atom stereocenters. The summed E-state index contributed by atoms with van der Waals surface area (Å²) in [5.41, 5.74) is 5.09. The van der Waals surface area contributed by atoms with E-state index in [1.165, 1.54) is 37.8 Å². The van der Waals surface area contributed by atoms with Gasteiger partial charge in [0, 0.05) is 29.4 Å². The van der Waals surface area contributed by atoms with Gasteiger partial charge in [-0.15, -0.1) is 0 Å². The van der Waals surface area contributed by atoms with E-state index in [9.17, 15) is 4.79 Å². The van der Waals surface area contributed by atoms with Gasteiger partial charge < -0.3 is 9.72 Å². The number of amides is 1. The van der Waals surface area contributed by atoms with Crippen molar-refractivity contribution in [3.05, 3.63) is 71.2 Å². The summed E-state index contributed by atoms with van der Waals surface area (Å²) in [5.74, 6) is 0.684. The van der Waals surface area contributed by atoms with Crippen LogP contribution in [0.1, 0.15) is 80.2 Å². The van der Waals surface area contributed by atoms with E-state index in [2.05, 4.69) is 30.5 Å². The van der Waals surface area contributed by atoms with Crippen LogP contribution >= 0.6 is 0 Å². The third-order valence-electron chi connectivity index (χ3n) is 6.20. The first-order chi connectivity index (χ1) is 14.4. The van der Waals surface area contributed by atoms with Crippen LogP contribution in [0.5, 0.6) is 0 Å². The number of carbonyl (C=O) groups is 1. The molecule has 158 valence electrons. The second kappa shape index (κ2) is 8.63. The smallest absolute Gasteiger partial charge is 0.251 e. The van der Waals surface area contributed by atoms with E-state index in [1.54, 1.807) is 0 Å². The number of nitrogens with one attached hydrogen (secondary N) is 1. The number of pyridine rings is 1. The summed E-state index contributed by atoms with van der Waals surface area (Å²) in [4.78, 5) is 17.7. The molecule has 0 spiro atoms. The molecule has 4 heteroatoms. The minimum absolute atomic E-state index is 0.0221. The van der Waals surface area contributed by atoms with Crippen molar-refractivity contribution in [1.29, 1.82) is 0 Å². The standard InChI is InChI=1S/C26H33N3O/c1-26(2,3)24-22(16-19-10-6-4-7-11-19)29-15-14-21(17-23(29)28-24)25(30)27-18-20-12-8-5-9-13-20/h5,8-9,12-15,17,19H,4,6-7,10-11,16,18H2,1-3H3,(H,27,30). The maximum atomic E-state index is 12.7. The number of carbonyl (C=O) groups excluding carboxylic acids is 1. The summed E-state index contributed by atoms with van der Waals surface area (Å²) < 4.78 is 2.21. The molecule has 1 aliphatic rings. The van der Waals surface area contributed by atoms with Crippen molar-refractivity contribution in [2.75, 3.05) is 0 Å². The lowest BCUT2D eigenvalue weighted by molar-refractivity contribution is 0.0951. The van der Waals surface area contributed by atoms with Gasteiger partial charge in [-0.1, -0.05) is 83.2 Å². The molecule has 4 nitrogen and oxygen atoms in total. The molecule has 0 bridgehead atoms. The van der Waals surface area contributed by atoms with Crippen LogP contribution in [0.4, 0.5) is 0 Å². The maximum Gasteiger partial charge on any atom is 0.251 e. The Bertz CT molecular complexity index is 1010. The van der Waals surface area contributed by atoms with Gasteiger partial charge in [-0.3, -0.25) is 4.79 Å². The van der Waals surface area contributed by atoms with E-state index in [0.717, 1.165) is 29.2 Å². The van der Waals surface area contributed by atoms with Crippen molar-refractivity contribution in [1.82, 2.24) is 14.7 Å². The van der Waals surface area contributed by atoms with Crippen LogP contribution in [0.3, 0.4) is 0 Å². The minimum Gasteiger partial charge on any atom is -0.348 e. The zero-order chi connectivity index (χ0) is 21.1. The summed E-state index contributed by atoms with van der Waals surface area (Å²) in [6.45, 7) is 7.21. The monoisotopic (exact) mass is 403 g/mol. The third-order valence-corrected chi connectivity index (χ3v) is 6.20. The topological polar surface area (TPSA) is 46.4 Å². The molecule has 3 aromatic rings. The molecule has 1 aromatic carbocycles. The fourth-order valence-corrected chi connectivity index (χ4v) is 4.58. The molecule has 0 radical (unpaired) electrons. The zero-order valence-electron chi connectivity index (χ0n) is 18.4. The fourth-order valence-electron chi connectivity index (χ4n) is 4.58. The predicted molar refractivity (Wildman–Crippen MR) is 122 cm³/mol. The Balaban J connectivity index is 1.59. The fraction of sp³-hybridized carbons (Fsp3) is 0.462. The lowest BCUT2D eigenvalue weighted by Crippen LogP contribution is -2.22. The molecular formula is C26H33N3O. The molecule has 0 saturated heterocycles. The van der Waals surface area contributed by atoms with E-state index in [0.29, 0.717) is 12.1 Å². The molecule has 4 rings (SSSR count). The Morgan fingerprint density at radius 1 is 1.10 bits per heavy atom. The molecule has 1 aliphatic carbocycles. The number of hydrogen-bond acceptors (Lipinski definition) is 2. The number of imidazole rings is 1. The third kappa shape index (κ3) is 4.58. The molecule has 1 N–H and O–H groups in total. The molecule has 30 heavy (non-hydrogen) atoms. The number of aromatic nitrogens is 2. The number of hydrogen-bond donors (Lipinski definition) is 1. The summed E-state index contributed by atoms with van der Waals surface area (Å²) >= 11 is 0. The van der Waals surface area contributed by atoms with Crippen LogP contribution in [0.2, 0.25) is 0 Å². The van der Waals surface area contributed by atoms with Gasteiger partial charge in [0.25, 0.3) is 5.91 Å². The summed E-state index contributed by atoms with van der Waals surface area (Å²) in [6, 6.07) is 13.8. The second-order valence-corrected chi connectivity index (χ2v) is 9.68. The van der Waals surface area contributed by atoms with Crippen LogP contribution in [0, 0.1) is 5.92 Å². The first-order valence-electron chi connectivity index (χ1n) is 11.3. The summed E-state index contributed by atoms with van der Waals surface area (Å²) in [6.07, 6.45) is 9.81. The molecule has 2 aromatic heterocycles. The van der Waals surface area contributed by atoms with Crippen molar-refractivity contribution in [3.63, 3.8) is 0 Å². The van der Waals surface area contributed by atoms with Gasteiger partial charge in [0.2, 0.25) is 0 Å². The summed E-state index contributed by atoms with van der Waals surface area (Å²) in [5, 5.41) is 3.02. The molecule has 1 fully saturated rings. The highest BCUT2D eigenvalue weighted by molar-refractivity contribution is 5.95. The highest BCUT2D eigenvalue weighted by atomic mass is 16.1. The Morgan fingerprint density at radius 3 is 2.53 bits per heavy atom. The maximum absolute atomic E-state index is 12.7. The largest absolute Gasteiger partial charge is 0.348 e. The van der Waals surface area contributed by atoms with Gasteiger partial charge in [0.05, 0.1) is 5.69 Å². The van der Waals surface area contributed by atoms with Gasteiger partial charge >= 0.3 is 0 Å². The normalized spacial score (nSPS) is 15.4. The van der Waals surface area contributed by atoms with Crippen molar-refractivity contribution < 1.29 is 4.79 Å². The SMILES string of the molecule is CC(C)(C)c1nc2cc(C(=O)NCc3ccccc3)ccn2c1CC1CCCCC1. The molecule has 2 heterocycles. The van der Waals surface area contributed by atoms with E-state index >= 15 is 0 Å². The Hall–Kier alpha value is -2.62. The summed E-state index contributed by atoms with van der Waals surface area (Å²) in [7, 11) is 0. The Kier molecular flexibility index (Phi) is 5.94. The van der Waals surface area contributed by atoms with Crippen LogP contribution in [-0.4, -0.2) is 15.3 Å². The molecular weight excluding hydrogens is 370 g/mol. The average molecular weight is 404 g/mol. The van der Waals surface area contributed by atoms with Gasteiger partial charge in [-0.25, -0.2) is 4.98 Å². The predicted octanol–water partition coefficient (Wildman–Crippen LogP) is 5.68. The number of nitrogens with zero attached hydrogens (tertiary/aromatic N) is 2. The first-order valence-corrected chi connectivity index (χ1v) is 11.3. The van der Waals surface area contributed by atoms with Gasteiger partial charge in [-0.2, -0.15) is 0 Å². The van der Waals surface area contributed by atoms with Crippen LogP contribution in [-0.2, 0) is 18.4 Å². The lowest BCUT2D eigenvalue weighted by atomic mass is 9.83. The molecule has 1 amide bonds. The van der Waals surface area contributed by atoms with Crippen LogP contribution in [0.15, 0.2) is 48.7 Å². The average Bonchev–Trinajstić information content (AvgIpc) is 3.11. The van der Waals surface area contributed by atoms with Gasteiger partial charge in [0.15, 0.2) is 0 Å². The molecule has 0 atom stereocenters. The highest BCUT2D eigenvalue weighted by Crippen LogP contribution is 2.32. The quantitative estimate of drug-likeness (QED) is 0.595.